The van der Waals surface area contributed by atoms with Crippen LogP contribution in [-0.2, 0) is 6.42 Å². The monoisotopic (exact) mass is 504 g/mol. The van der Waals surface area contributed by atoms with Gasteiger partial charge in [-0.25, -0.2) is 0 Å². The van der Waals surface area contributed by atoms with E-state index >= 15 is 0 Å². The van der Waals surface area contributed by atoms with Crippen molar-refractivity contribution in [3.05, 3.63) is 107 Å². The molecular formula is C31H36O6. The molecule has 0 saturated heterocycles. The summed E-state index contributed by atoms with van der Waals surface area (Å²) in [6.07, 6.45) is 0.661. The first-order valence-corrected chi connectivity index (χ1v) is 12.0. The van der Waals surface area contributed by atoms with Crippen LogP contribution >= 0.6 is 0 Å². The van der Waals surface area contributed by atoms with Gasteiger partial charge in [-0.2, -0.15) is 0 Å². The molecule has 6 heteroatoms. The van der Waals surface area contributed by atoms with E-state index in [4.69, 9.17) is 0 Å². The van der Waals surface area contributed by atoms with Gasteiger partial charge in [-0.05, 0) is 59.1 Å². The third kappa shape index (κ3) is 8.86. The molecule has 3 aromatic carbocycles. The Kier molecular flexibility index (Phi) is 9.44. The Balaban J connectivity index is 0.000000335. The van der Waals surface area contributed by atoms with Gasteiger partial charge >= 0.3 is 0 Å². The molecule has 196 valence electrons. The molecule has 0 aromatic heterocycles. The summed E-state index contributed by atoms with van der Waals surface area (Å²) in [7, 11) is 0. The van der Waals surface area contributed by atoms with Gasteiger partial charge in [-0.15, -0.1) is 0 Å². The second-order valence-corrected chi connectivity index (χ2v) is 10.6. The summed E-state index contributed by atoms with van der Waals surface area (Å²) in [5.41, 5.74) is -0.506. The minimum absolute atomic E-state index is 0.247. The van der Waals surface area contributed by atoms with E-state index in [2.05, 4.69) is 0 Å². The standard InChI is InChI=1S/C21H24O4.C10H12O2/c1-20(2,24)18(22)16-9-5-14(6-10-16)13-15-7-11-17(12-8-15)19(23)21(3,4)25;1-10(2,12)9(11)8-6-4-3-5-7-8/h5-12,24-25H,13H2,1-4H3;3-7,12H,1-2H3. The first-order chi connectivity index (χ1) is 17.0. The van der Waals surface area contributed by atoms with Crippen LogP contribution < -0.4 is 0 Å². The largest absolute Gasteiger partial charge is 0.382 e. The highest BCUT2D eigenvalue weighted by Gasteiger charge is 2.26. The fraction of sp³-hybridized carbons (Fsp3) is 0.323. The van der Waals surface area contributed by atoms with Crippen LogP contribution in [0.2, 0.25) is 0 Å². The van der Waals surface area contributed by atoms with E-state index in [1.165, 1.54) is 41.5 Å². The average molecular weight is 505 g/mol. The number of Topliss-reactive ketones (excluding diaryl/α,β-unsaturated/α-hetero) is 3. The van der Waals surface area contributed by atoms with Crippen LogP contribution in [0.4, 0.5) is 0 Å². The van der Waals surface area contributed by atoms with E-state index in [-0.39, 0.29) is 17.3 Å². The molecule has 0 aliphatic rings. The summed E-state index contributed by atoms with van der Waals surface area (Å²) < 4.78 is 0. The molecule has 0 radical (unpaired) electrons. The number of carbonyl (C=O) groups is 3. The molecule has 0 unspecified atom stereocenters. The third-order valence-corrected chi connectivity index (χ3v) is 5.54. The predicted octanol–water partition coefficient (Wildman–Crippen LogP) is 4.82. The minimum Gasteiger partial charge on any atom is -0.382 e. The number of rotatable bonds is 8. The quantitative estimate of drug-likeness (QED) is 0.379. The lowest BCUT2D eigenvalue weighted by atomic mass is 9.94. The van der Waals surface area contributed by atoms with Crippen LogP contribution in [0.5, 0.6) is 0 Å². The van der Waals surface area contributed by atoms with E-state index in [0.717, 1.165) is 11.1 Å². The lowest BCUT2D eigenvalue weighted by Gasteiger charge is -2.16. The van der Waals surface area contributed by atoms with E-state index in [9.17, 15) is 29.7 Å². The van der Waals surface area contributed by atoms with E-state index in [1.54, 1.807) is 48.5 Å². The number of carbonyl (C=O) groups excluding carboxylic acids is 3. The van der Waals surface area contributed by atoms with Crippen LogP contribution in [0.15, 0.2) is 78.9 Å². The molecule has 0 heterocycles. The topological polar surface area (TPSA) is 112 Å². The molecule has 3 N–H and O–H groups in total. The summed E-state index contributed by atoms with van der Waals surface area (Å²) in [5.74, 6) is -0.870. The maximum atomic E-state index is 12.0. The van der Waals surface area contributed by atoms with Gasteiger partial charge in [0.1, 0.15) is 16.8 Å². The number of aliphatic hydroxyl groups is 3. The van der Waals surface area contributed by atoms with Gasteiger partial charge in [-0.3, -0.25) is 14.4 Å². The summed E-state index contributed by atoms with van der Waals surface area (Å²) in [6.45, 7) is 8.86. The van der Waals surface area contributed by atoms with Gasteiger partial charge in [0.15, 0.2) is 17.3 Å². The van der Waals surface area contributed by atoms with Crippen molar-refractivity contribution in [2.24, 2.45) is 0 Å². The Morgan fingerprint density at radius 3 is 1.03 bits per heavy atom. The highest BCUT2D eigenvalue weighted by Crippen LogP contribution is 2.18. The number of benzene rings is 3. The molecule has 37 heavy (non-hydrogen) atoms. The van der Waals surface area contributed by atoms with Crippen molar-refractivity contribution >= 4 is 17.3 Å². The van der Waals surface area contributed by atoms with Crippen molar-refractivity contribution in [3.8, 4) is 0 Å². The molecule has 0 saturated carbocycles. The zero-order valence-corrected chi connectivity index (χ0v) is 22.3. The Morgan fingerprint density at radius 2 is 0.757 bits per heavy atom. The van der Waals surface area contributed by atoms with Crippen LogP contribution in [0.25, 0.3) is 0 Å². The first kappa shape index (κ1) is 29.8. The predicted molar refractivity (Wildman–Crippen MR) is 144 cm³/mol. The maximum Gasteiger partial charge on any atom is 0.193 e. The molecule has 3 rings (SSSR count). The van der Waals surface area contributed by atoms with Gasteiger partial charge in [0, 0.05) is 16.7 Å². The van der Waals surface area contributed by atoms with Gasteiger partial charge < -0.3 is 15.3 Å². The normalized spacial score (nSPS) is 11.8. The average Bonchev–Trinajstić information content (AvgIpc) is 2.83. The minimum atomic E-state index is -1.38. The zero-order valence-electron chi connectivity index (χ0n) is 22.3. The number of hydrogen-bond acceptors (Lipinski definition) is 6. The van der Waals surface area contributed by atoms with Crippen LogP contribution in [-0.4, -0.2) is 49.5 Å². The molecule has 0 atom stereocenters. The molecule has 0 aliphatic heterocycles. The summed E-state index contributed by atoms with van der Waals surface area (Å²) in [6, 6.07) is 23.0. The Labute approximate surface area is 218 Å². The highest BCUT2D eigenvalue weighted by molar-refractivity contribution is 6.02. The fourth-order valence-electron chi connectivity index (χ4n) is 3.43. The lowest BCUT2D eigenvalue weighted by Crippen LogP contribution is -2.31. The second kappa shape index (κ2) is 11.7. The highest BCUT2D eigenvalue weighted by atomic mass is 16.3. The maximum absolute atomic E-state index is 12.0. The van der Waals surface area contributed by atoms with Gasteiger partial charge in [0.05, 0.1) is 0 Å². The summed E-state index contributed by atoms with van der Waals surface area (Å²) in [4.78, 5) is 35.4. The molecule has 0 fully saturated rings. The second-order valence-electron chi connectivity index (χ2n) is 10.6. The van der Waals surface area contributed by atoms with Gasteiger partial charge in [0.25, 0.3) is 0 Å². The smallest absolute Gasteiger partial charge is 0.193 e. The van der Waals surface area contributed by atoms with Gasteiger partial charge in [0.2, 0.25) is 0 Å². The van der Waals surface area contributed by atoms with E-state index < -0.39 is 16.8 Å². The SMILES string of the molecule is CC(C)(O)C(=O)c1ccc(Cc2ccc(C(=O)C(C)(C)O)cc2)cc1.CC(C)(O)C(=O)c1ccccc1. The third-order valence-electron chi connectivity index (χ3n) is 5.54. The Bertz CT molecular complexity index is 1140. The number of ketones is 3. The van der Waals surface area contributed by atoms with E-state index in [1.807, 2.05) is 30.3 Å². The van der Waals surface area contributed by atoms with Crippen LogP contribution in [0, 0.1) is 0 Å². The van der Waals surface area contributed by atoms with Crippen molar-refractivity contribution < 1.29 is 29.7 Å². The fourth-order valence-corrected chi connectivity index (χ4v) is 3.43. The zero-order chi connectivity index (χ0) is 28.0. The molecule has 0 amide bonds. The lowest BCUT2D eigenvalue weighted by molar-refractivity contribution is 0.0487. The van der Waals surface area contributed by atoms with Crippen molar-refractivity contribution in [1.29, 1.82) is 0 Å². The summed E-state index contributed by atoms with van der Waals surface area (Å²) in [5, 5.41) is 28.9. The molecular weight excluding hydrogens is 468 g/mol. The summed E-state index contributed by atoms with van der Waals surface area (Å²) >= 11 is 0. The van der Waals surface area contributed by atoms with Crippen molar-refractivity contribution in [1.82, 2.24) is 0 Å². The van der Waals surface area contributed by atoms with Crippen molar-refractivity contribution in [3.63, 3.8) is 0 Å². The molecule has 0 bridgehead atoms. The first-order valence-electron chi connectivity index (χ1n) is 12.0. The number of hydrogen-bond donors (Lipinski definition) is 3. The van der Waals surface area contributed by atoms with Crippen LogP contribution in [0.3, 0.4) is 0 Å². The molecule has 6 nitrogen and oxygen atoms in total. The van der Waals surface area contributed by atoms with Crippen molar-refractivity contribution in [2.45, 2.75) is 64.8 Å². The van der Waals surface area contributed by atoms with Crippen LogP contribution in [0.1, 0.15) is 83.7 Å². The Morgan fingerprint density at radius 1 is 0.486 bits per heavy atom. The van der Waals surface area contributed by atoms with Crippen molar-refractivity contribution in [2.75, 3.05) is 0 Å². The van der Waals surface area contributed by atoms with E-state index in [0.29, 0.717) is 23.1 Å². The molecule has 3 aromatic rings. The Hall–Kier alpha value is -3.45. The molecule has 0 aliphatic carbocycles. The molecule has 0 spiro atoms. The van der Waals surface area contributed by atoms with Gasteiger partial charge in [-0.1, -0.05) is 78.9 Å².